The van der Waals surface area contributed by atoms with Crippen molar-refractivity contribution in [2.24, 2.45) is 0 Å². The van der Waals surface area contributed by atoms with Gasteiger partial charge in [0.2, 0.25) is 0 Å². The third-order valence-corrected chi connectivity index (χ3v) is 5.65. The summed E-state index contributed by atoms with van der Waals surface area (Å²) in [7, 11) is 0. The molecule has 158 valence electrons. The molecule has 1 spiro atoms. The van der Waals surface area contributed by atoms with Gasteiger partial charge >= 0.3 is 12.1 Å². The molecule has 1 aromatic rings. The first-order valence-electron chi connectivity index (χ1n) is 10.3. The average molecular weight is 402 g/mol. The fourth-order valence-corrected chi connectivity index (χ4v) is 4.17. The average Bonchev–Trinajstić information content (AvgIpc) is 2.86. The molecule has 1 aromatic carbocycles. The number of hydrogen-bond acceptors (Lipinski definition) is 4. The highest BCUT2D eigenvalue weighted by Crippen LogP contribution is 2.37. The molecule has 29 heavy (non-hydrogen) atoms. The van der Waals surface area contributed by atoms with Gasteiger partial charge < -0.3 is 14.5 Å². The first-order valence-corrected chi connectivity index (χ1v) is 10.3. The van der Waals surface area contributed by atoms with E-state index in [1.807, 2.05) is 58.0 Å². The molecule has 4 amide bonds. The minimum Gasteiger partial charge on any atom is -0.444 e. The van der Waals surface area contributed by atoms with E-state index in [0.29, 0.717) is 45.4 Å². The van der Waals surface area contributed by atoms with Crippen molar-refractivity contribution in [1.29, 1.82) is 0 Å². The second-order valence-corrected chi connectivity index (χ2v) is 8.72. The Morgan fingerprint density at radius 2 is 1.72 bits per heavy atom. The largest absolute Gasteiger partial charge is 0.444 e. The summed E-state index contributed by atoms with van der Waals surface area (Å²) in [5.74, 6) is -0.135. The van der Waals surface area contributed by atoms with E-state index in [2.05, 4.69) is 0 Å². The molecule has 2 aliphatic rings. The van der Waals surface area contributed by atoms with Crippen LogP contribution in [0.25, 0.3) is 0 Å². The van der Waals surface area contributed by atoms with Gasteiger partial charge in [-0.25, -0.2) is 9.59 Å². The Bertz CT molecular complexity index is 764. The van der Waals surface area contributed by atoms with E-state index in [0.717, 1.165) is 5.56 Å². The minimum atomic E-state index is -0.846. The zero-order chi connectivity index (χ0) is 21.2. The predicted octanol–water partition coefficient (Wildman–Crippen LogP) is 3.28. The first kappa shape index (κ1) is 21.1. The van der Waals surface area contributed by atoms with Crippen LogP contribution in [0.4, 0.5) is 9.59 Å². The molecule has 7 nitrogen and oxygen atoms in total. The lowest BCUT2D eigenvalue weighted by molar-refractivity contribution is -0.135. The molecule has 2 aliphatic heterocycles. The Hall–Kier alpha value is -2.57. The van der Waals surface area contributed by atoms with Gasteiger partial charge in [0, 0.05) is 26.2 Å². The summed E-state index contributed by atoms with van der Waals surface area (Å²) in [6.45, 7) is 9.03. The summed E-state index contributed by atoms with van der Waals surface area (Å²) < 4.78 is 5.45. The number of rotatable bonds is 4. The van der Waals surface area contributed by atoms with Gasteiger partial charge in [0.15, 0.2) is 0 Å². The van der Waals surface area contributed by atoms with Crippen LogP contribution in [0.1, 0.15) is 46.1 Å². The van der Waals surface area contributed by atoms with Gasteiger partial charge in [-0.3, -0.25) is 9.69 Å². The van der Waals surface area contributed by atoms with Gasteiger partial charge in [-0.15, -0.1) is 0 Å². The van der Waals surface area contributed by atoms with Crippen LogP contribution in [-0.2, 0) is 16.0 Å². The lowest BCUT2D eigenvalue weighted by Crippen LogP contribution is -2.57. The molecule has 0 aliphatic carbocycles. The molecular weight excluding hydrogens is 370 g/mol. The maximum absolute atomic E-state index is 13.3. The Kier molecular flexibility index (Phi) is 5.87. The van der Waals surface area contributed by atoms with Gasteiger partial charge in [-0.05, 0) is 52.5 Å². The van der Waals surface area contributed by atoms with Crippen LogP contribution >= 0.6 is 0 Å². The van der Waals surface area contributed by atoms with Crippen LogP contribution in [-0.4, -0.2) is 70.1 Å². The van der Waals surface area contributed by atoms with Crippen LogP contribution in [0.15, 0.2) is 30.3 Å². The first-order chi connectivity index (χ1) is 13.7. The molecule has 7 heteroatoms. The van der Waals surface area contributed by atoms with Crippen molar-refractivity contribution in [2.75, 3.05) is 26.2 Å². The van der Waals surface area contributed by atoms with Crippen LogP contribution in [0, 0.1) is 0 Å². The maximum Gasteiger partial charge on any atom is 0.410 e. The van der Waals surface area contributed by atoms with Crippen molar-refractivity contribution in [3.05, 3.63) is 35.9 Å². The molecule has 3 rings (SSSR count). The molecule has 2 saturated heterocycles. The van der Waals surface area contributed by atoms with Gasteiger partial charge in [0.25, 0.3) is 5.91 Å². The Balaban J connectivity index is 1.69. The van der Waals surface area contributed by atoms with Crippen LogP contribution < -0.4 is 0 Å². The van der Waals surface area contributed by atoms with E-state index >= 15 is 0 Å². The number of ether oxygens (including phenoxy) is 1. The van der Waals surface area contributed by atoms with Gasteiger partial charge in [-0.1, -0.05) is 30.3 Å². The van der Waals surface area contributed by atoms with Gasteiger partial charge in [0.1, 0.15) is 11.1 Å². The minimum absolute atomic E-state index is 0.135. The summed E-state index contributed by atoms with van der Waals surface area (Å²) in [6.07, 6.45) is 1.14. The Labute approximate surface area is 172 Å². The maximum atomic E-state index is 13.3. The summed E-state index contributed by atoms with van der Waals surface area (Å²) in [5.41, 5.74) is -0.312. The fraction of sp³-hybridized carbons (Fsp3) is 0.591. The normalized spacial score (nSPS) is 19.2. The zero-order valence-corrected chi connectivity index (χ0v) is 17.8. The molecule has 2 fully saturated rings. The number of nitrogens with zero attached hydrogens (tertiary/aromatic N) is 3. The third-order valence-electron chi connectivity index (χ3n) is 5.65. The van der Waals surface area contributed by atoms with Crippen molar-refractivity contribution in [3.8, 4) is 0 Å². The number of amides is 4. The number of hydrogen-bond donors (Lipinski definition) is 0. The van der Waals surface area contributed by atoms with Crippen LogP contribution in [0.5, 0.6) is 0 Å². The lowest BCUT2D eigenvalue weighted by atomic mass is 9.86. The number of urea groups is 1. The molecular formula is C22H31N3O4. The van der Waals surface area contributed by atoms with E-state index < -0.39 is 11.1 Å². The zero-order valence-electron chi connectivity index (χ0n) is 17.8. The van der Waals surface area contributed by atoms with Crippen molar-refractivity contribution in [3.63, 3.8) is 0 Å². The van der Waals surface area contributed by atoms with Crippen molar-refractivity contribution < 1.29 is 19.1 Å². The highest BCUT2D eigenvalue weighted by Gasteiger charge is 2.57. The van der Waals surface area contributed by atoms with Gasteiger partial charge in [-0.2, -0.15) is 0 Å². The standard InChI is InChI=1S/C22H31N3O4/c1-5-25-19(27)24(14-11-17-9-7-6-8-10-17)18(26)22(25)12-15-23(16-13-22)20(28)29-21(2,3)4/h6-10H,5,11-16H2,1-4H3. The number of benzene rings is 1. The lowest BCUT2D eigenvalue weighted by Gasteiger charge is -2.42. The molecule has 0 aromatic heterocycles. The number of likely N-dealkylation sites (tertiary alicyclic amines) is 1. The van der Waals surface area contributed by atoms with Crippen molar-refractivity contribution in [1.82, 2.24) is 14.7 Å². The molecule has 0 bridgehead atoms. The number of imide groups is 1. The van der Waals surface area contributed by atoms with Crippen molar-refractivity contribution in [2.45, 2.75) is 58.1 Å². The second kappa shape index (κ2) is 8.05. The third kappa shape index (κ3) is 4.23. The molecule has 0 N–H and O–H groups in total. The Morgan fingerprint density at radius 1 is 1.10 bits per heavy atom. The van der Waals surface area contributed by atoms with E-state index in [1.165, 1.54) is 4.90 Å². The van der Waals surface area contributed by atoms with Gasteiger partial charge in [0.05, 0.1) is 0 Å². The van der Waals surface area contributed by atoms with Crippen LogP contribution in [0.2, 0.25) is 0 Å². The summed E-state index contributed by atoms with van der Waals surface area (Å²) >= 11 is 0. The second-order valence-electron chi connectivity index (χ2n) is 8.72. The van der Waals surface area contributed by atoms with E-state index in [1.54, 1.807) is 9.80 Å². The fourth-order valence-electron chi connectivity index (χ4n) is 4.17. The summed E-state index contributed by atoms with van der Waals surface area (Å²) in [4.78, 5) is 43.4. The van der Waals surface area contributed by atoms with E-state index in [4.69, 9.17) is 4.74 Å². The number of carbonyl (C=O) groups is 3. The smallest absolute Gasteiger partial charge is 0.410 e. The quantitative estimate of drug-likeness (QED) is 0.726. The molecule has 0 atom stereocenters. The summed E-state index contributed by atoms with van der Waals surface area (Å²) in [5, 5.41) is 0. The Morgan fingerprint density at radius 3 is 2.28 bits per heavy atom. The molecule has 0 radical (unpaired) electrons. The molecule has 0 unspecified atom stereocenters. The van der Waals surface area contributed by atoms with Crippen LogP contribution in [0.3, 0.4) is 0 Å². The monoisotopic (exact) mass is 401 g/mol. The number of likely N-dealkylation sites (N-methyl/N-ethyl adjacent to an activating group) is 1. The SMILES string of the molecule is CCN1C(=O)N(CCc2ccccc2)C(=O)C12CCN(C(=O)OC(C)(C)C)CC2. The molecule has 0 saturated carbocycles. The highest BCUT2D eigenvalue weighted by atomic mass is 16.6. The van der Waals surface area contributed by atoms with E-state index in [9.17, 15) is 14.4 Å². The predicted molar refractivity (Wildman–Crippen MR) is 109 cm³/mol. The summed E-state index contributed by atoms with van der Waals surface area (Å²) in [6, 6.07) is 9.63. The molecule has 2 heterocycles. The topological polar surface area (TPSA) is 70.2 Å². The van der Waals surface area contributed by atoms with E-state index in [-0.39, 0.29) is 18.0 Å². The highest BCUT2D eigenvalue weighted by molar-refractivity contribution is 6.07. The number of piperidine rings is 1. The number of carbonyl (C=O) groups excluding carboxylic acids is 3. The van der Waals surface area contributed by atoms with Crippen molar-refractivity contribution >= 4 is 18.0 Å².